The van der Waals surface area contributed by atoms with E-state index in [1.54, 1.807) is 0 Å². The summed E-state index contributed by atoms with van der Waals surface area (Å²) in [5.41, 5.74) is 2.61. The molecule has 1 aromatic carbocycles. The lowest BCUT2D eigenvalue weighted by Gasteiger charge is -2.10. The minimum atomic E-state index is -3.47. The maximum Gasteiger partial charge on any atom is 0.229 e. The monoisotopic (exact) mass is 380 g/mol. The average Bonchev–Trinajstić information content (AvgIpc) is 2.98. The van der Waals surface area contributed by atoms with Crippen LogP contribution in [0.15, 0.2) is 23.6 Å². The van der Waals surface area contributed by atoms with Crippen molar-refractivity contribution in [3.63, 3.8) is 0 Å². The van der Waals surface area contributed by atoms with Crippen LogP contribution in [0.3, 0.4) is 0 Å². The molecule has 0 saturated heterocycles. The molecule has 3 aromatic rings. The van der Waals surface area contributed by atoms with E-state index in [1.165, 1.54) is 11.3 Å². The molecule has 0 amide bonds. The molecule has 5 nitrogen and oxygen atoms in total. The number of pyridine rings is 1. The summed E-state index contributed by atoms with van der Waals surface area (Å²) in [5.74, 6) is 0.328. The number of nitrogens with one attached hydrogen (secondary N) is 1. The second-order valence-corrected chi connectivity index (χ2v) is 8.70. The van der Waals surface area contributed by atoms with Crippen molar-refractivity contribution in [2.24, 2.45) is 0 Å². The fourth-order valence-corrected chi connectivity index (χ4v) is 4.14. The summed E-state index contributed by atoms with van der Waals surface area (Å²) < 4.78 is 25.3. The summed E-state index contributed by atoms with van der Waals surface area (Å²) in [6.45, 7) is 4.17. The van der Waals surface area contributed by atoms with Crippen LogP contribution >= 0.6 is 22.9 Å². The normalized spacial score (nSPS) is 12.0. The zero-order valence-electron chi connectivity index (χ0n) is 13.3. The summed E-state index contributed by atoms with van der Waals surface area (Å²) in [5, 5.41) is 3.77. The number of fused-ring (bicyclic) bond motifs is 1. The number of aromatic nitrogens is 2. The largest absolute Gasteiger partial charge is 0.280 e. The first-order chi connectivity index (χ1) is 11.3. The second-order valence-electron chi connectivity index (χ2n) is 5.72. The van der Waals surface area contributed by atoms with Crippen LogP contribution < -0.4 is 4.72 Å². The predicted octanol–water partition coefficient (Wildman–Crippen LogP) is 4.31. The molecule has 0 aliphatic heterocycles. The molecule has 125 valence electrons. The van der Waals surface area contributed by atoms with Crippen molar-refractivity contribution in [2.75, 3.05) is 11.0 Å². The van der Waals surface area contributed by atoms with Crippen molar-refractivity contribution in [1.82, 2.24) is 9.97 Å². The van der Waals surface area contributed by atoms with Gasteiger partial charge in [-0.3, -0.25) is 4.72 Å². The van der Waals surface area contributed by atoms with Crippen molar-refractivity contribution in [1.29, 1.82) is 0 Å². The van der Waals surface area contributed by atoms with Crippen LogP contribution in [-0.2, 0) is 10.0 Å². The van der Waals surface area contributed by atoms with Gasteiger partial charge in [-0.15, -0.1) is 11.3 Å². The Labute approximate surface area is 149 Å². The molecule has 0 aliphatic rings. The van der Waals surface area contributed by atoms with Gasteiger partial charge in [0.2, 0.25) is 10.0 Å². The first-order valence-corrected chi connectivity index (χ1v) is 10.3. The van der Waals surface area contributed by atoms with Gasteiger partial charge in [-0.25, -0.2) is 18.4 Å². The van der Waals surface area contributed by atoms with Crippen molar-refractivity contribution in [3.05, 3.63) is 40.5 Å². The highest BCUT2D eigenvalue weighted by atomic mass is 35.5. The van der Waals surface area contributed by atoms with Crippen molar-refractivity contribution < 1.29 is 8.42 Å². The Morgan fingerprint density at radius 1 is 1.33 bits per heavy atom. The van der Waals surface area contributed by atoms with Crippen molar-refractivity contribution in [3.8, 4) is 10.6 Å². The molecule has 0 fully saturated rings. The molecular formula is C16H15ClN3O2S2. The van der Waals surface area contributed by atoms with Crippen LogP contribution in [0.2, 0.25) is 5.02 Å². The lowest BCUT2D eigenvalue weighted by atomic mass is 10.1. The topological polar surface area (TPSA) is 72.0 Å². The number of anilines is 1. The van der Waals surface area contributed by atoms with Gasteiger partial charge in [-0.2, -0.15) is 0 Å². The first kappa shape index (κ1) is 17.1. The number of thiazole rings is 1. The highest BCUT2D eigenvalue weighted by Gasteiger charge is 2.17. The van der Waals surface area contributed by atoms with E-state index in [4.69, 9.17) is 11.6 Å². The van der Waals surface area contributed by atoms with Crippen LogP contribution in [0.25, 0.3) is 21.5 Å². The molecule has 0 saturated carbocycles. The van der Waals surface area contributed by atoms with E-state index in [9.17, 15) is 8.42 Å². The molecule has 0 unspecified atom stereocenters. The molecule has 1 radical (unpaired) electrons. The van der Waals surface area contributed by atoms with Crippen molar-refractivity contribution in [2.45, 2.75) is 19.8 Å². The molecule has 0 aliphatic carbocycles. The minimum Gasteiger partial charge on any atom is -0.280 e. The number of hydrogen-bond donors (Lipinski definition) is 1. The summed E-state index contributed by atoms with van der Waals surface area (Å²) >= 11 is 7.98. The first-order valence-electron chi connectivity index (χ1n) is 7.20. The van der Waals surface area contributed by atoms with Crippen LogP contribution in [0.4, 0.5) is 5.69 Å². The van der Waals surface area contributed by atoms with Gasteiger partial charge in [0, 0.05) is 16.3 Å². The Morgan fingerprint density at radius 3 is 2.71 bits per heavy atom. The van der Waals surface area contributed by atoms with E-state index in [-0.39, 0.29) is 10.7 Å². The number of halogens is 1. The summed E-state index contributed by atoms with van der Waals surface area (Å²) in [4.78, 5) is 8.85. The van der Waals surface area contributed by atoms with E-state index in [0.29, 0.717) is 16.8 Å². The van der Waals surface area contributed by atoms with Gasteiger partial charge < -0.3 is 0 Å². The molecule has 24 heavy (non-hydrogen) atoms. The van der Waals surface area contributed by atoms with Gasteiger partial charge >= 0.3 is 0 Å². The lowest BCUT2D eigenvalue weighted by Crippen LogP contribution is -2.10. The highest BCUT2D eigenvalue weighted by Crippen LogP contribution is 2.38. The molecule has 3 rings (SSSR count). The molecule has 0 spiro atoms. The molecule has 0 bridgehead atoms. The van der Waals surface area contributed by atoms with Gasteiger partial charge in [-0.05, 0) is 12.0 Å². The quantitative estimate of drug-likeness (QED) is 0.732. The number of rotatable bonds is 4. The second kappa shape index (κ2) is 6.31. The third-order valence-corrected chi connectivity index (χ3v) is 5.25. The minimum absolute atomic E-state index is 0.139. The number of sulfonamides is 1. The zero-order chi connectivity index (χ0) is 17.5. The molecule has 1 N–H and O–H groups in total. The number of nitrogens with zero attached hydrogens (tertiary/aromatic N) is 2. The Hall–Kier alpha value is -1.70. The van der Waals surface area contributed by atoms with Gasteiger partial charge in [0.1, 0.15) is 11.2 Å². The van der Waals surface area contributed by atoms with Crippen LogP contribution in [0.1, 0.15) is 25.5 Å². The van der Waals surface area contributed by atoms with Crippen LogP contribution in [-0.4, -0.2) is 24.6 Å². The highest BCUT2D eigenvalue weighted by molar-refractivity contribution is 7.92. The van der Waals surface area contributed by atoms with Gasteiger partial charge in [0.05, 0.1) is 28.2 Å². The fourth-order valence-electron chi connectivity index (χ4n) is 2.26. The van der Waals surface area contributed by atoms with Crippen LogP contribution in [0.5, 0.6) is 0 Å². The van der Waals surface area contributed by atoms with E-state index in [1.807, 2.05) is 23.6 Å². The van der Waals surface area contributed by atoms with E-state index < -0.39 is 10.0 Å². The van der Waals surface area contributed by atoms with Gasteiger partial charge in [0.25, 0.3) is 0 Å². The predicted molar refractivity (Wildman–Crippen MR) is 99.3 cm³/mol. The molecular weight excluding hydrogens is 366 g/mol. The molecule has 2 heterocycles. The third kappa shape index (κ3) is 3.38. The summed E-state index contributed by atoms with van der Waals surface area (Å²) in [6.07, 6.45) is 3.71. The summed E-state index contributed by atoms with van der Waals surface area (Å²) in [7, 11) is -3.47. The maximum absolute atomic E-state index is 11.5. The van der Waals surface area contributed by atoms with E-state index in [0.717, 1.165) is 22.5 Å². The van der Waals surface area contributed by atoms with Gasteiger partial charge in [0.15, 0.2) is 0 Å². The van der Waals surface area contributed by atoms with E-state index in [2.05, 4.69) is 34.7 Å². The Morgan fingerprint density at radius 2 is 2.08 bits per heavy atom. The van der Waals surface area contributed by atoms with Crippen LogP contribution in [0, 0.1) is 6.20 Å². The third-order valence-electron chi connectivity index (χ3n) is 3.40. The van der Waals surface area contributed by atoms with Crippen molar-refractivity contribution >= 4 is 49.6 Å². The molecule has 0 atom stereocenters. The Balaban J connectivity index is 2.22. The average molecular weight is 381 g/mol. The number of hydrogen-bond acceptors (Lipinski definition) is 5. The number of benzene rings is 1. The lowest BCUT2D eigenvalue weighted by molar-refractivity contribution is 0.607. The maximum atomic E-state index is 11.5. The Bertz CT molecular complexity index is 1010. The molecule has 8 heteroatoms. The standard InChI is InChI=1S/C16H15ClN3O2S2/c1-9(2)13-8-23-16(19-13)10-5-4-6-11-14(10)15(17)12(7-18-11)20-24(3,21)22/h4-6,8-9,20H,1-3H3. The fraction of sp³-hybridized carbons (Fsp3) is 0.250. The summed E-state index contributed by atoms with van der Waals surface area (Å²) in [6, 6.07) is 5.58. The van der Waals surface area contributed by atoms with Gasteiger partial charge in [-0.1, -0.05) is 37.6 Å². The SMILES string of the molecule is CC(C)c1csc(-c2cccc3n[c]c(NS(C)(=O)=O)c(Cl)c23)n1. The molecule has 2 aromatic heterocycles. The van der Waals surface area contributed by atoms with E-state index >= 15 is 0 Å². The Kier molecular flexibility index (Phi) is 4.50. The zero-order valence-corrected chi connectivity index (χ0v) is 15.7. The smallest absolute Gasteiger partial charge is 0.229 e.